The fourth-order valence-corrected chi connectivity index (χ4v) is 4.12. The Morgan fingerprint density at radius 3 is 2.46 bits per heavy atom. The van der Waals surface area contributed by atoms with Gasteiger partial charge in [0, 0.05) is 34.8 Å². The number of anilines is 2. The second-order valence-electron chi connectivity index (χ2n) is 9.13. The Labute approximate surface area is 226 Å². The van der Waals surface area contributed by atoms with E-state index in [1.807, 2.05) is 60.7 Å². The molecule has 0 fully saturated rings. The first-order chi connectivity index (χ1) is 17.9. The second-order valence-corrected chi connectivity index (χ2v) is 10.0. The summed E-state index contributed by atoms with van der Waals surface area (Å²) in [4.78, 5) is 22.5. The Morgan fingerprint density at radius 1 is 0.946 bits per heavy atom. The number of amides is 1. The van der Waals surface area contributed by atoms with Crippen molar-refractivity contribution in [2.45, 2.75) is 39.4 Å². The Morgan fingerprint density at radius 2 is 1.76 bits per heavy atom. The number of halogens is 2. The molecule has 192 valence electrons. The van der Waals surface area contributed by atoms with Crippen LogP contribution >= 0.6 is 23.2 Å². The van der Waals surface area contributed by atoms with E-state index in [4.69, 9.17) is 27.6 Å². The van der Waals surface area contributed by atoms with Gasteiger partial charge < -0.3 is 20.4 Å². The van der Waals surface area contributed by atoms with Crippen LogP contribution in [-0.2, 0) is 17.9 Å². The number of hydrogen-bond donors (Lipinski definition) is 3. The molecule has 37 heavy (non-hydrogen) atoms. The summed E-state index contributed by atoms with van der Waals surface area (Å²) >= 11 is 12.1. The Bertz CT molecular complexity index is 1310. The van der Waals surface area contributed by atoms with Crippen LogP contribution in [0.25, 0.3) is 11.3 Å². The molecule has 1 atom stereocenters. The van der Waals surface area contributed by atoms with Crippen molar-refractivity contribution in [1.82, 2.24) is 15.3 Å². The second kappa shape index (κ2) is 12.6. The average molecular weight is 538 g/mol. The van der Waals surface area contributed by atoms with E-state index >= 15 is 0 Å². The lowest BCUT2D eigenvalue weighted by Gasteiger charge is -2.21. The first-order valence-corrected chi connectivity index (χ1v) is 12.8. The zero-order valence-corrected chi connectivity index (χ0v) is 22.2. The minimum Gasteiger partial charge on any atom is -0.472 e. The molecule has 0 aliphatic rings. The van der Waals surface area contributed by atoms with E-state index in [-0.39, 0.29) is 11.8 Å². The highest BCUT2D eigenvalue weighted by Crippen LogP contribution is 2.24. The van der Waals surface area contributed by atoms with E-state index < -0.39 is 6.04 Å². The minimum absolute atomic E-state index is 0.111. The van der Waals surface area contributed by atoms with Gasteiger partial charge in [-0.25, -0.2) is 4.98 Å². The maximum Gasteiger partial charge on any atom is 0.242 e. The monoisotopic (exact) mass is 537 g/mol. The number of nitrogens with one attached hydrogen (secondary N) is 3. The highest BCUT2D eigenvalue weighted by atomic mass is 35.5. The third-order valence-electron chi connectivity index (χ3n) is 5.61. The number of aromatic nitrogens is 2. The van der Waals surface area contributed by atoms with Crippen LogP contribution in [0.4, 0.5) is 11.8 Å². The standard InChI is InChI=1S/C28H29Cl2N5O2/c1-18(2)12-25(27(36)31-15-19-6-8-22(29)9-7-19)33-26-14-24(21-10-11-37-17-21)34-28(35-26)32-16-20-4-3-5-23(30)13-20/h3-11,13-14,17-18,25H,12,15-16H2,1-2H3,(H,31,36)(H2,32,33,34,35). The zero-order valence-electron chi connectivity index (χ0n) is 20.7. The highest BCUT2D eigenvalue weighted by Gasteiger charge is 2.21. The molecular weight excluding hydrogens is 509 g/mol. The molecule has 3 N–H and O–H groups in total. The molecule has 2 aromatic heterocycles. The van der Waals surface area contributed by atoms with E-state index in [2.05, 4.69) is 39.8 Å². The zero-order chi connectivity index (χ0) is 26.2. The molecule has 1 unspecified atom stereocenters. The number of hydrogen-bond acceptors (Lipinski definition) is 6. The van der Waals surface area contributed by atoms with Crippen LogP contribution in [0.2, 0.25) is 10.0 Å². The molecule has 1 amide bonds. The van der Waals surface area contributed by atoms with Gasteiger partial charge >= 0.3 is 0 Å². The van der Waals surface area contributed by atoms with Crippen LogP contribution in [-0.4, -0.2) is 21.9 Å². The van der Waals surface area contributed by atoms with E-state index in [9.17, 15) is 4.79 Å². The SMILES string of the molecule is CC(C)CC(Nc1cc(-c2ccoc2)nc(NCc2cccc(Cl)c2)n1)C(=O)NCc1ccc(Cl)cc1. The molecule has 0 saturated heterocycles. The lowest BCUT2D eigenvalue weighted by Crippen LogP contribution is -2.40. The third kappa shape index (κ3) is 7.97. The summed E-state index contributed by atoms with van der Waals surface area (Å²) in [6, 6.07) is 18.2. The molecule has 0 spiro atoms. The molecule has 4 aromatic rings. The number of nitrogens with zero attached hydrogens (tertiary/aromatic N) is 2. The molecule has 2 heterocycles. The van der Waals surface area contributed by atoms with Crippen molar-refractivity contribution < 1.29 is 9.21 Å². The van der Waals surface area contributed by atoms with Gasteiger partial charge in [-0.3, -0.25) is 4.79 Å². The van der Waals surface area contributed by atoms with Crippen molar-refractivity contribution in [3.63, 3.8) is 0 Å². The molecule has 0 bridgehead atoms. The quantitative estimate of drug-likeness (QED) is 0.195. The Kier molecular flexibility index (Phi) is 9.04. The van der Waals surface area contributed by atoms with Crippen LogP contribution < -0.4 is 16.0 Å². The average Bonchev–Trinajstić information content (AvgIpc) is 3.42. The van der Waals surface area contributed by atoms with Gasteiger partial charge in [0.05, 0.1) is 18.2 Å². The summed E-state index contributed by atoms with van der Waals surface area (Å²) in [7, 11) is 0. The van der Waals surface area contributed by atoms with Crippen LogP contribution in [0.15, 0.2) is 77.6 Å². The van der Waals surface area contributed by atoms with Gasteiger partial charge in [0.2, 0.25) is 11.9 Å². The maximum atomic E-state index is 13.2. The third-order valence-corrected chi connectivity index (χ3v) is 6.10. The van der Waals surface area contributed by atoms with Crippen LogP contribution in [0.3, 0.4) is 0 Å². The van der Waals surface area contributed by atoms with Gasteiger partial charge in [-0.05, 0) is 53.8 Å². The summed E-state index contributed by atoms with van der Waals surface area (Å²) in [5, 5.41) is 10.9. The van der Waals surface area contributed by atoms with Crippen molar-refractivity contribution in [1.29, 1.82) is 0 Å². The van der Waals surface area contributed by atoms with Crippen molar-refractivity contribution in [3.05, 3.63) is 94.4 Å². The Balaban J connectivity index is 1.53. The topological polar surface area (TPSA) is 92.1 Å². The normalized spacial score (nSPS) is 11.8. The van der Waals surface area contributed by atoms with Crippen LogP contribution in [0.5, 0.6) is 0 Å². The summed E-state index contributed by atoms with van der Waals surface area (Å²) in [6.07, 6.45) is 3.84. The van der Waals surface area contributed by atoms with Gasteiger partial charge in [0.25, 0.3) is 0 Å². The smallest absolute Gasteiger partial charge is 0.242 e. The van der Waals surface area contributed by atoms with Gasteiger partial charge in [0.15, 0.2) is 0 Å². The lowest BCUT2D eigenvalue weighted by atomic mass is 10.0. The highest BCUT2D eigenvalue weighted by molar-refractivity contribution is 6.30. The molecular formula is C28H29Cl2N5O2. The lowest BCUT2D eigenvalue weighted by molar-refractivity contribution is -0.122. The van der Waals surface area contributed by atoms with Crippen molar-refractivity contribution in [2.75, 3.05) is 10.6 Å². The van der Waals surface area contributed by atoms with Gasteiger partial charge in [-0.15, -0.1) is 0 Å². The summed E-state index contributed by atoms with van der Waals surface area (Å²) in [5.74, 6) is 1.13. The van der Waals surface area contributed by atoms with Gasteiger partial charge in [0.1, 0.15) is 11.9 Å². The van der Waals surface area contributed by atoms with E-state index in [1.54, 1.807) is 12.5 Å². The molecule has 0 radical (unpaired) electrons. The number of carbonyl (C=O) groups excluding carboxylic acids is 1. The molecule has 4 rings (SSSR count). The van der Waals surface area contributed by atoms with Crippen LogP contribution in [0, 0.1) is 5.92 Å². The first-order valence-electron chi connectivity index (χ1n) is 12.0. The fourth-order valence-electron chi connectivity index (χ4n) is 3.78. The number of benzene rings is 2. The minimum atomic E-state index is -0.486. The molecule has 7 nitrogen and oxygen atoms in total. The van der Waals surface area contributed by atoms with Crippen LogP contribution in [0.1, 0.15) is 31.4 Å². The van der Waals surface area contributed by atoms with Crippen molar-refractivity contribution >= 4 is 40.9 Å². The number of carbonyl (C=O) groups is 1. The summed E-state index contributed by atoms with van der Waals surface area (Å²) < 4.78 is 5.26. The molecule has 0 aliphatic carbocycles. The number of rotatable bonds is 11. The van der Waals surface area contributed by atoms with Gasteiger partial charge in [-0.2, -0.15) is 4.98 Å². The van der Waals surface area contributed by atoms with E-state index in [1.165, 1.54) is 0 Å². The summed E-state index contributed by atoms with van der Waals surface area (Å²) in [5.41, 5.74) is 3.45. The van der Waals surface area contributed by atoms with E-state index in [0.29, 0.717) is 47.0 Å². The molecule has 0 aliphatic heterocycles. The Hall–Kier alpha value is -3.55. The maximum absolute atomic E-state index is 13.2. The fraction of sp³-hybridized carbons (Fsp3) is 0.250. The van der Waals surface area contributed by atoms with Crippen molar-refractivity contribution in [3.8, 4) is 11.3 Å². The predicted octanol–water partition coefficient (Wildman–Crippen LogP) is 6.80. The molecule has 0 saturated carbocycles. The first kappa shape index (κ1) is 26.5. The van der Waals surface area contributed by atoms with E-state index in [0.717, 1.165) is 16.7 Å². The van der Waals surface area contributed by atoms with Gasteiger partial charge in [-0.1, -0.05) is 61.3 Å². The van der Waals surface area contributed by atoms with Crippen molar-refractivity contribution in [2.24, 2.45) is 5.92 Å². The summed E-state index contributed by atoms with van der Waals surface area (Å²) in [6.45, 7) is 5.06. The largest absolute Gasteiger partial charge is 0.472 e. The molecule has 2 aromatic carbocycles. The molecule has 9 heteroatoms. The predicted molar refractivity (Wildman–Crippen MR) is 149 cm³/mol. The number of furan rings is 1.